The molecule has 1 aliphatic heterocycles. The van der Waals surface area contributed by atoms with Gasteiger partial charge in [-0.15, -0.1) is 0 Å². The zero-order chi connectivity index (χ0) is 21.2. The molecule has 0 aromatic heterocycles. The fourth-order valence-corrected chi connectivity index (χ4v) is 4.37. The largest absolute Gasteiger partial charge is 0.493 e. The van der Waals surface area contributed by atoms with E-state index in [9.17, 15) is 9.18 Å². The Kier molecular flexibility index (Phi) is 5.95. The van der Waals surface area contributed by atoms with Crippen LogP contribution < -0.4 is 10.1 Å². The van der Waals surface area contributed by atoms with E-state index in [0.29, 0.717) is 25.6 Å². The molecule has 0 saturated heterocycles. The molecule has 1 unspecified atom stereocenters. The van der Waals surface area contributed by atoms with Gasteiger partial charge in [0.2, 0.25) is 5.91 Å². The number of benzene rings is 2. The standard InChI is InChI=1S/C26H31FN2O2/c27-25-16-29(15-22-10-11-23(12-24(22)25)31-17-20-8-9-20)14-19-6-4-18(5-7-19)13-28-26(30)21-2-1-3-21/h4-7,10-12,20-21,25H,1-3,8-9,13-17H2,(H,28,30). The summed E-state index contributed by atoms with van der Waals surface area (Å²) in [6.07, 6.45) is 4.73. The molecule has 1 heterocycles. The van der Waals surface area contributed by atoms with Gasteiger partial charge in [0, 0.05) is 32.1 Å². The minimum absolute atomic E-state index is 0.178. The number of nitrogens with zero attached hydrogens (tertiary/aromatic N) is 1. The summed E-state index contributed by atoms with van der Waals surface area (Å²) in [4.78, 5) is 14.1. The number of ether oxygens (including phenoxy) is 1. The van der Waals surface area contributed by atoms with E-state index in [4.69, 9.17) is 4.74 Å². The summed E-state index contributed by atoms with van der Waals surface area (Å²) < 4.78 is 20.8. The van der Waals surface area contributed by atoms with E-state index >= 15 is 0 Å². The van der Waals surface area contributed by atoms with Gasteiger partial charge in [-0.25, -0.2) is 4.39 Å². The van der Waals surface area contributed by atoms with Gasteiger partial charge in [0.15, 0.2) is 0 Å². The van der Waals surface area contributed by atoms with Crippen molar-refractivity contribution < 1.29 is 13.9 Å². The van der Waals surface area contributed by atoms with Crippen LogP contribution in [-0.4, -0.2) is 24.0 Å². The Morgan fingerprint density at radius 3 is 2.55 bits per heavy atom. The van der Waals surface area contributed by atoms with Gasteiger partial charge in [-0.3, -0.25) is 9.69 Å². The van der Waals surface area contributed by atoms with Crippen molar-refractivity contribution in [2.75, 3.05) is 13.2 Å². The van der Waals surface area contributed by atoms with E-state index in [-0.39, 0.29) is 11.8 Å². The maximum Gasteiger partial charge on any atom is 0.223 e. The number of fused-ring (bicyclic) bond motifs is 1. The Morgan fingerprint density at radius 2 is 1.84 bits per heavy atom. The van der Waals surface area contributed by atoms with Crippen molar-refractivity contribution in [2.45, 2.75) is 57.9 Å². The molecule has 2 saturated carbocycles. The Morgan fingerprint density at radius 1 is 1.06 bits per heavy atom. The van der Waals surface area contributed by atoms with Crippen LogP contribution >= 0.6 is 0 Å². The lowest BCUT2D eigenvalue weighted by molar-refractivity contribution is -0.127. The number of halogens is 1. The van der Waals surface area contributed by atoms with Crippen molar-refractivity contribution in [1.29, 1.82) is 0 Å². The Bertz CT molecular complexity index is 922. The smallest absolute Gasteiger partial charge is 0.223 e. The fourth-order valence-electron chi connectivity index (χ4n) is 4.37. The van der Waals surface area contributed by atoms with E-state index in [1.807, 2.05) is 18.2 Å². The highest BCUT2D eigenvalue weighted by Crippen LogP contribution is 2.34. The molecule has 31 heavy (non-hydrogen) atoms. The number of hydrogen-bond acceptors (Lipinski definition) is 3. The summed E-state index contributed by atoms with van der Waals surface area (Å²) in [6, 6.07) is 14.2. The van der Waals surface area contributed by atoms with E-state index in [0.717, 1.165) is 54.0 Å². The number of rotatable bonds is 8. The normalized spacial score (nSPS) is 21.3. The Balaban J connectivity index is 1.15. The van der Waals surface area contributed by atoms with Gasteiger partial charge in [0.25, 0.3) is 0 Å². The zero-order valence-electron chi connectivity index (χ0n) is 18.0. The summed E-state index contributed by atoms with van der Waals surface area (Å²) in [7, 11) is 0. The van der Waals surface area contributed by atoms with Crippen molar-refractivity contribution in [3.8, 4) is 5.75 Å². The summed E-state index contributed by atoms with van der Waals surface area (Å²) >= 11 is 0. The molecule has 4 nitrogen and oxygen atoms in total. The van der Waals surface area contributed by atoms with Crippen LogP contribution in [0.3, 0.4) is 0 Å². The average molecular weight is 423 g/mol. The second-order valence-corrected chi connectivity index (χ2v) is 9.41. The molecule has 2 aliphatic carbocycles. The molecule has 2 fully saturated rings. The SMILES string of the molecule is O=C(NCc1ccc(CN2Cc3ccc(OCC4CC4)cc3C(F)C2)cc1)C1CCC1. The van der Waals surface area contributed by atoms with Crippen molar-refractivity contribution in [3.05, 3.63) is 64.7 Å². The van der Waals surface area contributed by atoms with Crippen LogP contribution in [0.2, 0.25) is 0 Å². The van der Waals surface area contributed by atoms with E-state index in [1.165, 1.54) is 19.3 Å². The molecular weight excluding hydrogens is 391 g/mol. The molecule has 1 atom stereocenters. The highest BCUT2D eigenvalue weighted by molar-refractivity contribution is 5.79. The first-order chi connectivity index (χ1) is 15.1. The van der Waals surface area contributed by atoms with Crippen LogP contribution in [0.1, 0.15) is 60.5 Å². The van der Waals surface area contributed by atoms with Crippen LogP contribution in [0.5, 0.6) is 5.75 Å². The molecule has 0 bridgehead atoms. The fraction of sp³-hybridized carbons (Fsp3) is 0.500. The average Bonchev–Trinajstić information content (AvgIpc) is 3.55. The maximum absolute atomic E-state index is 14.9. The first kappa shape index (κ1) is 20.5. The van der Waals surface area contributed by atoms with Gasteiger partial charge in [-0.1, -0.05) is 36.8 Å². The lowest BCUT2D eigenvalue weighted by Gasteiger charge is -2.31. The summed E-state index contributed by atoms with van der Waals surface area (Å²) in [6.45, 7) is 3.19. The highest BCUT2D eigenvalue weighted by Gasteiger charge is 2.27. The van der Waals surface area contributed by atoms with E-state index in [2.05, 4.69) is 34.5 Å². The van der Waals surface area contributed by atoms with Gasteiger partial charge >= 0.3 is 0 Å². The number of amides is 1. The molecule has 0 spiro atoms. The number of carbonyl (C=O) groups is 1. The van der Waals surface area contributed by atoms with Gasteiger partial charge in [0.05, 0.1) is 6.61 Å². The molecule has 1 amide bonds. The Labute approximate surface area is 183 Å². The summed E-state index contributed by atoms with van der Waals surface area (Å²) in [5.74, 6) is 1.88. The summed E-state index contributed by atoms with van der Waals surface area (Å²) in [5, 5.41) is 3.03. The third-order valence-electron chi connectivity index (χ3n) is 6.82. The molecule has 0 radical (unpaired) electrons. The van der Waals surface area contributed by atoms with Crippen LogP contribution in [-0.2, 0) is 24.4 Å². The van der Waals surface area contributed by atoms with Crippen molar-refractivity contribution >= 4 is 5.91 Å². The predicted octanol–water partition coefficient (Wildman–Crippen LogP) is 4.92. The number of carbonyl (C=O) groups excluding carboxylic acids is 1. The van der Waals surface area contributed by atoms with Crippen LogP contribution in [0.15, 0.2) is 42.5 Å². The molecule has 2 aromatic carbocycles. The number of nitrogens with one attached hydrogen (secondary N) is 1. The van der Waals surface area contributed by atoms with E-state index in [1.54, 1.807) is 0 Å². The lowest BCUT2D eigenvalue weighted by atomic mass is 9.85. The second-order valence-electron chi connectivity index (χ2n) is 9.41. The second kappa shape index (κ2) is 8.99. The minimum atomic E-state index is -0.991. The third-order valence-corrected chi connectivity index (χ3v) is 6.82. The minimum Gasteiger partial charge on any atom is -0.493 e. The van der Waals surface area contributed by atoms with Gasteiger partial charge < -0.3 is 10.1 Å². The molecule has 3 aliphatic rings. The molecule has 164 valence electrons. The molecule has 2 aromatic rings. The van der Waals surface area contributed by atoms with Crippen LogP contribution in [0.4, 0.5) is 4.39 Å². The van der Waals surface area contributed by atoms with Crippen molar-refractivity contribution in [1.82, 2.24) is 10.2 Å². The first-order valence-electron chi connectivity index (χ1n) is 11.6. The monoisotopic (exact) mass is 422 g/mol. The molecule has 5 heteroatoms. The molecule has 5 rings (SSSR count). The number of hydrogen-bond donors (Lipinski definition) is 1. The third kappa shape index (κ3) is 5.09. The van der Waals surface area contributed by atoms with Gasteiger partial charge in [-0.2, -0.15) is 0 Å². The van der Waals surface area contributed by atoms with Crippen LogP contribution in [0.25, 0.3) is 0 Å². The first-order valence-corrected chi connectivity index (χ1v) is 11.6. The van der Waals surface area contributed by atoms with E-state index < -0.39 is 6.17 Å². The maximum atomic E-state index is 14.9. The predicted molar refractivity (Wildman–Crippen MR) is 118 cm³/mol. The highest BCUT2D eigenvalue weighted by atomic mass is 19.1. The lowest BCUT2D eigenvalue weighted by Crippen LogP contribution is -2.34. The molecular formula is C26H31FN2O2. The topological polar surface area (TPSA) is 41.6 Å². The van der Waals surface area contributed by atoms with Crippen molar-refractivity contribution in [2.24, 2.45) is 11.8 Å². The van der Waals surface area contributed by atoms with Crippen LogP contribution in [0, 0.1) is 11.8 Å². The van der Waals surface area contributed by atoms with Gasteiger partial charge in [0.1, 0.15) is 11.9 Å². The zero-order valence-corrected chi connectivity index (χ0v) is 18.0. The summed E-state index contributed by atoms with van der Waals surface area (Å²) in [5.41, 5.74) is 4.09. The van der Waals surface area contributed by atoms with Gasteiger partial charge in [-0.05, 0) is 66.0 Å². The Hall–Kier alpha value is -2.40. The molecule has 1 N–H and O–H groups in total. The van der Waals surface area contributed by atoms with Crippen molar-refractivity contribution in [3.63, 3.8) is 0 Å². The number of alkyl halides is 1. The quantitative estimate of drug-likeness (QED) is 0.657.